The molecule has 0 bridgehead atoms. The molecule has 16 heavy (non-hydrogen) atoms. The van der Waals surface area contributed by atoms with Crippen molar-refractivity contribution in [3.63, 3.8) is 0 Å². The Balaban J connectivity index is 2.40. The van der Waals surface area contributed by atoms with E-state index in [1.807, 2.05) is 30.4 Å². The second kappa shape index (κ2) is 7.07. The molecule has 0 saturated carbocycles. The average molecular weight is 238 g/mol. The minimum absolute atomic E-state index is 0.0116. The minimum Gasteiger partial charge on any atom is -0.356 e. The van der Waals surface area contributed by atoms with E-state index >= 15 is 0 Å². The standard InChI is InChI=1S/C13H16ClNO/c1-11(16)15-8-3-2-5-12-6-4-7-13(9-12)10-14/h2,4-7,9H,3,8,10H2,1H3,(H,15,16). The van der Waals surface area contributed by atoms with Crippen molar-refractivity contribution in [2.45, 2.75) is 19.2 Å². The van der Waals surface area contributed by atoms with Gasteiger partial charge < -0.3 is 5.32 Å². The summed E-state index contributed by atoms with van der Waals surface area (Å²) in [4.78, 5) is 10.6. The quantitative estimate of drug-likeness (QED) is 0.619. The van der Waals surface area contributed by atoms with Gasteiger partial charge in [-0.25, -0.2) is 0 Å². The van der Waals surface area contributed by atoms with E-state index in [9.17, 15) is 4.79 Å². The van der Waals surface area contributed by atoms with E-state index in [0.29, 0.717) is 12.4 Å². The molecule has 0 fully saturated rings. The van der Waals surface area contributed by atoms with E-state index in [2.05, 4.69) is 11.4 Å². The fraction of sp³-hybridized carbons (Fsp3) is 0.308. The van der Waals surface area contributed by atoms with Gasteiger partial charge in [-0.3, -0.25) is 4.79 Å². The maximum absolute atomic E-state index is 10.6. The molecule has 1 amide bonds. The summed E-state index contributed by atoms with van der Waals surface area (Å²) in [7, 11) is 0. The van der Waals surface area contributed by atoms with Crippen LogP contribution in [0.2, 0.25) is 0 Å². The zero-order valence-corrected chi connectivity index (χ0v) is 10.1. The third-order valence-electron chi connectivity index (χ3n) is 2.10. The fourth-order valence-corrected chi connectivity index (χ4v) is 1.50. The van der Waals surface area contributed by atoms with Gasteiger partial charge in [-0.15, -0.1) is 11.6 Å². The Kier molecular flexibility index (Phi) is 5.65. The SMILES string of the molecule is CC(=O)NCCC=Cc1cccc(CCl)c1. The maximum Gasteiger partial charge on any atom is 0.216 e. The van der Waals surface area contributed by atoms with Gasteiger partial charge in [0.15, 0.2) is 0 Å². The van der Waals surface area contributed by atoms with E-state index in [-0.39, 0.29) is 5.91 Å². The molecule has 3 heteroatoms. The molecule has 1 aromatic carbocycles. The van der Waals surface area contributed by atoms with Crippen LogP contribution in [0.5, 0.6) is 0 Å². The number of amides is 1. The van der Waals surface area contributed by atoms with Crippen LogP contribution in [-0.2, 0) is 10.7 Å². The van der Waals surface area contributed by atoms with Crippen LogP contribution in [-0.4, -0.2) is 12.5 Å². The van der Waals surface area contributed by atoms with Gasteiger partial charge in [0.05, 0.1) is 0 Å². The van der Waals surface area contributed by atoms with Crippen molar-refractivity contribution in [3.05, 3.63) is 41.5 Å². The summed E-state index contributed by atoms with van der Waals surface area (Å²) in [5, 5.41) is 2.74. The number of carbonyl (C=O) groups is 1. The predicted octanol–water partition coefficient (Wildman–Crippen LogP) is 2.96. The van der Waals surface area contributed by atoms with E-state index in [1.165, 1.54) is 6.92 Å². The lowest BCUT2D eigenvalue weighted by atomic mass is 10.1. The topological polar surface area (TPSA) is 29.1 Å². The summed E-state index contributed by atoms with van der Waals surface area (Å²) in [6.07, 6.45) is 4.92. The highest BCUT2D eigenvalue weighted by Crippen LogP contribution is 2.09. The van der Waals surface area contributed by atoms with Gasteiger partial charge >= 0.3 is 0 Å². The lowest BCUT2D eigenvalue weighted by Gasteiger charge is -1.98. The molecule has 0 radical (unpaired) electrons. The van der Waals surface area contributed by atoms with E-state index in [0.717, 1.165) is 17.5 Å². The molecule has 0 aliphatic heterocycles. The zero-order chi connectivity index (χ0) is 11.8. The number of alkyl halides is 1. The first kappa shape index (κ1) is 12.8. The molecule has 2 nitrogen and oxygen atoms in total. The molecule has 0 aliphatic rings. The first-order valence-electron chi connectivity index (χ1n) is 5.28. The van der Waals surface area contributed by atoms with Gasteiger partial charge in [0.25, 0.3) is 0 Å². The highest BCUT2D eigenvalue weighted by atomic mass is 35.5. The summed E-state index contributed by atoms with van der Waals surface area (Å²) in [6, 6.07) is 8.08. The molecule has 0 spiro atoms. The van der Waals surface area contributed by atoms with E-state index in [4.69, 9.17) is 11.6 Å². The molecule has 0 aliphatic carbocycles. The molecule has 0 heterocycles. The highest BCUT2D eigenvalue weighted by Gasteiger charge is 1.91. The smallest absolute Gasteiger partial charge is 0.216 e. The number of hydrogen-bond donors (Lipinski definition) is 1. The van der Waals surface area contributed by atoms with Crippen molar-refractivity contribution in [3.8, 4) is 0 Å². The van der Waals surface area contributed by atoms with Gasteiger partial charge in [0.1, 0.15) is 0 Å². The Bertz CT molecular complexity index is 374. The number of carbonyl (C=O) groups excluding carboxylic acids is 1. The zero-order valence-electron chi connectivity index (χ0n) is 9.37. The molecule has 0 unspecified atom stereocenters. The van der Waals surface area contributed by atoms with Crippen molar-refractivity contribution >= 4 is 23.6 Å². The van der Waals surface area contributed by atoms with Crippen molar-refractivity contribution in [1.82, 2.24) is 5.32 Å². The molecule has 0 aromatic heterocycles. The summed E-state index contributed by atoms with van der Waals surface area (Å²) < 4.78 is 0. The van der Waals surface area contributed by atoms with Gasteiger partial charge in [0, 0.05) is 19.3 Å². The lowest BCUT2D eigenvalue weighted by molar-refractivity contribution is -0.118. The van der Waals surface area contributed by atoms with E-state index < -0.39 is 0 Å². The van der Waals surface area contributed by atoms with Gasteiger partial charge in [0.2, 0.25) is 5.91 Å². The molecule has 86 valence electrons. The fourth-order valence-electron chi connectivity index (χ4n) is 1.33. The van der Waals surface area contributed by atoms with Crippen molar-refractivity contribution in [1.29, 1.82) is 0 Å². The average Bonchev–Trinajstić information content (AvgIpc) is 2.28. The molecule has 0 saturated heterocycles. The lowest BCUT2D eigenvalue weighted by Crippen LogP contribution is -2.20. The maximum atomic E-state index is 10.6. The van der Waals surface area contributed by atoms with Gasteiger partial charge in [-0.05, 0) is 17.5 Å². The Hall–Kier alpha value is -1.28. The molecule has 0 atom stereocenters. The molecule has 1 aromatic rings. The Morgan fingerprint density at radius 1 is 1.50 bits per heavy atom. The molecule has 1 rings (SSSR count). The Morgan fingerprint density at radius 2 is 2.31 bits per heavy atom. The second-order valence-electron chi connectivity index (χ2n) is 3.55. The molecule has 1 N–H and O–H groups in total. The number of rotatable bonds is 5. The summed E-state index contributed by atoms with van der Waals surface area (Å²) in [5.41, 5.74) is 2.26. The van der Waals surface area contributed by atoms with Crippen LogP contribution in [0.4, 0.5) is 0 Å². The number of benzene rings is 1. The van der Waals surface area contributed by atoms with Crippen LogP contribution in [0.25, 0.3) is 6.08 Å². The highest BCUT2D eigenvalue weighted by molar-refractivity contribution is 6.17. The van der Waals surface area contributed by atoms with Crippen LogP contribution in [0.1, 0.15) is 24.5 Å². The third kappa shape index (κ3) is 4.99. The largest absolute Gasteiger partial charge is 0.356 e. The van der Waals surface area contributed by atoms with Gasteiger partial charge in [-0.1, -0.05) is 36.4 Å². The summed E-state index contributed by atoms with van der Waals surface area (Å²) in [5.74, 6) is 0.547. The van der Waals surface area contributed by atoms with Crippen LogP contribution in [0, 0.1) is 0 Å². The molecular weight excluding hydrogens is 222 g/mol. The first-order valence-corrected chi connectivity index (χ1v) is 5.81. The molecular formula is C13H16ClNO. The monoisotopic (exact) mass is 237 g/mol. The minimum atomic E-state index is 0.0116. The number of halogens is 1. The van der Waals surface area contributed by atoms with Crippen LogP contribution < -0.4 is 5.32 Å². The second-order valence-corrected chi connectivity index (χ2v) is 3.82. The Labute approximate surface area is 101 Å². The third-order valence-corrected chi connectivity index (χ3v) is 2.41. The van der Waals surface area contributed by atoms with Crippen LogP contribution in [0.3, 0.4) is 0 Å². The first-order chi connectivity index (χ1) is 7.72. The summed E-state index contributed by atoms with van der Waals surface area (Å²) in [6.45, 7) is 2.20. The van der Waals surface area contributed by atoms with Gasteiger partial charge in [-0.2, -0.15) is 0 Å². The number of hydrogen-bond acceptors (Lipinski definition) is 1. The predicted molar refractivity (Wildman–Crippen MR) is 68.3 cm³/mol. The van der Waals surface area contributed by atoms with Crippen molar-refractivity contribution < 1.29 is 4.79 Å². The summed E-state index contributed by atoms with van der Waals surface area (Å²) >= 11 is 5.75. The number of nitrogens with one attached hydrogen (secondary N) is 1. The van der Waals surface area contributed by atoms with Crippen LogP contribution >= 0.6 is 11.6 Å². The van der Waals surface area contributed by atoms with Crippen molar-refractivity contribution in [2.24, 2.45) is 0 Å². The van der Waals surface area contributed by atoms with Crippen molar-refractivity contribution in [2.75, 3.05) is 6.54 Å². The van der Waals surface area contributed by atoms with E-state index in [1.54, 1.807) is 0 Å². The normalized spacial score (nSPS) is 10.6. The Morgan fingerprint density at radius 3 is 3.00 bits per heavy atom. The van der Waals surface area contributed by atoms with Crippen LogP contribution in [0.15, 0.2) is 30.3 Å².